The Balaban J connectivity index is 3.84. The summed E-state index contributed by atoms with van der Waals surface area (Å²) in [6.07, 6.45) is 108. The summed E-state index contributed by atoms with van der Waals surface area (Å²) < 4.78 is 34.5. The van der Waals surface area contributed by atoms with Crippen LogP contribution in [0.5, 0.6) is 0 Å². The number of allylic oxidation sites excluding steroid dienone is 6. The van der Waals surface area contributed by atoms with Gasteiger partial charge < -0.3 is 27.9 Å². The van der Waals surface area contributed by atoms with Crippen molar-refractivity contribution >= 4 is 19.8 Å². The van der Waals surface area contributed by atoms with Gasteiger partial charge in [0.15, 0.2) is 6.10 Å². The first-order chi connectivity index (χ1) is 49.0. The second-order valence-corrected chi connectivity index (χ2v) is 33.4. The van der Waals surface area contributed by atoms with Crippen LogP contribution in [0.15, 0.2) is 36.5 Å². The maximum Gasteiger partial charge on any atom is 0.306 e. The molecule has 0 heterocycles. The summed E-state index contributed by atoms with van der Waals surface area (Å²) in [4.78, 5) is 38.3. The van der Waals surface area contributed by atoms with Crippen LogP contribution < -0.4 is 4.89 Å². The Morgan fingerprint density at radius 2 is 0.540 bits per heavy atom. The minimum absolute atomic E-state index is 0.0265. The van der Waals surface area contributed by atoms with Crippen LogP contribution >= 0.6 is 7.82 Å². The van der Waals surface area contributed by atoms with E-state index in [1.165, 1.54) is 405 Å². The lowest BCUT2D eigenvalue weighted by Crippen LogP contribution is -2.37. The Bertz CT molecular complexity index is 1780. The Hall–Kier alpha value is -1.77. The molecule has 10 heteroatoms. The highest BCUT2D eigenvalue weighted by Gasteiger charge is 2.22. The largest absolute Gasteiger partial charge is 0.756 e. The number of likely N-dealkylation sites (N-methyl/N-ethyl adjacent to an activating group) is 1. The molecule has 0 rings (SSSR count). The van der Waals surface area contributed by atoms with E-state index in [0.717, 1.165) is 38.5 Å². The zero-order valence-corrected chi connectivity index (χ0v) is 68.8. The van der Waals surface area contributed by atoms with Crippen LogP contribution in [-0.4, -0.2) is 70.0 Å². The Kier molecular flexibility index (Phi) is 79.9. The second kappa shape index (κ2) is 81.3. The quantitative estimate of drug-likeness (QED) is 0.0195. The summed E-state index contributed by atoms with van der Waals surface area (Å²) in [6, 6.07) is 0. The van der Waals surface area contributed by atoms with Crippen molar-refractivity contribution in [3.8, 4) is 0 Å². The van der Waals surface area contributed by atoms with E-state index in [4.69, 9.17) is 18.5 Å². The molecule has 0 fully saturated rings. The molecule has 0 radical (unpaired) electrons. The summed E-state index contributed by atoms with van der Waals surface area (Å²) in [7, 11) is 1.20. The lowest BCUT2D eigenvalue weighted by Gasteiger charge is -2.28. The van der Waals surface area contributed by atoms with Crippen LogP contribution in [-0.2, 0) is 32.7 Å². The number of unbranched alkanes of at least 4 members (excludes halogenated alkanes) is 65. The first-order valence-electron chi connectivity index (χ1n) is 44.7. The summed E-state index contributed by atoms with van der Waals surface area (Å²) in [5, 5.41) is 0. The van der Waals surface area contributed by atoms with Crippen molar-refractivity contribution < 1.29 is 42.1 Å². The maximum atomic E-state index is 12.9. The summed E-state index contributed by atoms with van der Waals surface area (Å²) in [5.74, 6) is -0.803. The van der Waals surface area contributed by atoms with Crippen LogP contribution in [0, 0.1) is 0 Å². The van der Waals surface area contributed by atoms with Crippen molar-refractivity contribution in [1.29, 1.82) is 0 Å². The zero-order chi connectivity index (χ0) is 72.5. The third-order valence-corrected chi connectivity index (χ3v) is 21.6. The smallest absolute Gasteiger partial charge is 0.306 e. The van der Waals surface area contributed by atoms with Crippen molar-refractivity contribution in [2.24, 2.45) is 0 Å². The molecule has 0 saturated heterocycles. The summed E-state index contributed by atoms with van der Waals surface area (Å²) in [6.45, 7) is 4.32. The minimum atomic E-state index is -4.64. The molecule has 0 aromatic rings. The number of carbonyl (C=O) groups is 2. The Labute approximate surface area is 624 Å². The molecular formula is C90H174NO8P. The van der Waals surface area contributed by atoms with Crippen molar-refractivity contribution in [2.75, 3.05) is 47.5 Å². The fourth-order valence-corrected chi connectivity index (χ4v) is 14.5. The lowest BCUT2D eigenvalue weighted by molar-refractivity contribution is -0.870. The molecule has 2 atom stereocenters. The van der Waals surface area contributed by atoms with E-state index in [-0.39, 0.29) is 32.0 Å². The van der Waals surface area contributed by atoms with Crippen LogP contribution in [0.2, 0.25) is 0 Å². The number of hydrogen-bond donors (Lipinski definition) is 0. The van der Waals surface area contributed by atoms with E-state index >= 15 is 0 Å². The predicted octanol–water partition coefficient (Wildman–Crippen LogP) is 29.4. The number of hydrogen-bond acceptors (Lipinski definition) is 8. The first kappa shape index (κ1) is 98.2. The predicted molar refractivity (Wildman–Crippen MR) is 434 cm³/mol. The van der Waals surface area contributed by atoms with E-state index < -0.39 is 26.5 Å². The van der Waals surface area contributed by atoms with Crippen LogP contribution in [0.3, 0.4) is 0 Å². The van der Waals surface area contributed by atoms with Gasteiger partial charge in [0.1, 0.15) is 19.8 Å². The van der Waals surface area contributed by atoms with E-state index in [9.17, 15) is 19.0 Å². The molecule has 592 valence electrons. The topological polar surface area (TPSA) is 111 Å². The number of ether oxygens (including phenoxy) is 2. The average molecular weight is 1430 g/mol. The van der Waals surface area contributed by atoms with Gasteiger partial charge in [-0.3, -0.25) is 14.2 Å². The van der Waals surface area contributed by atoms with Crippen molar-refractivity contribution in [2.45, 2.75) is 482 Å². The number of quaternary nitrogens is 1. The number of esters is 2. The number of rotatable bonds is 85. The molecule has 0 aromatic carbocycles. The van der Waals surface area contributed by atoms with Crippen LogP contribution in [0.1, 0.15) is 476 Å². The van der Waals surface area contributed by atoms with Crippen molar-refractivity contribution in [3.63, 3.8) is 0 Å². The van der Waals surface area contributed by atoms with Gasteiger partial charge in [-0.2, -0.15) is 0 Å². The minimum Gasteiger partial charge on any atom is -0.756 e. The molecule has 0 bridgehead atoms. The van der Waals surface area contributed by atoms with E-state index in [2.05, 4.69) is 50.3 Å². The normalized spacial score (nSPS) is 13.1. The van der Waals surface area contributed by atoms with Gasteiger partial charge in [0, 0.05) is 12.8 Å². The highest BCUT2D eigenvalue weighted by molar-refractivity contribution is 7.45. The van der Waals surface area contributed by atoms with E-state index in [1.54, 1.807) is 0 Å². The van der Waals surface area contributed by atoms with E-state index in [0.29, 0.717) is 17.4 Å². The highest BCUT2D eigenvalue weighted by atomic mass is 31.2. The molecule has 0 saturated carbocycles. The molecule has 0 aromatic heterocycles. The second-order valence-electron chi connectivity index (χ2n) is 32.0. The number of phosphoric ester groups is 1. The van der Waals surface area contributed by atoms with Gasteiger partial charge in [0.2, 0.25) is 0 Å². The fraction of sp³-hybridized carbons (Fsp3) is 0.911. The van der Waals surface area contributed by atoms with Crippen LogP contribution in [0.25, 0.3) is 0 Å². The highest BCUT2D eigenvalue weighted by Crippen LogP contribution is 2.38. The first-order valence-corrected chi connectivity index (χ1v) is 46.2. The molecule has 2 unspecified atom stereocenters. The maximum absolute atomic E-state index is 12.9. The Morgan fingerprint density at radius 1 is 0.310 bits per heavy atom. The average Bonchev–Trinajstić information content (AvgIpc) is 1.02. The molecule has 0 aliphatic rings. The van der Waals surface area contributed by atoms with Gasteiger partial charge in [0.25, 0.3) is 7.82 Å². The van der Waals surface area contributed by atoms with Gasteiger partial charge in [-0.1, -0.05) is 429 Å². The molecule has 9 nitrogen and oxygen atoms in total. The number of nitrogens with zero attached hydrogens (tertiary/aromatic N) is 1. The SMILES string of the molecule is CCCCCCC/C=C\C/C=C\CCCCCCCCCCCCCCCCCCCCCCCCCCCC(=O)OC(COC(=O)CCCCCCCCCCCCCCCCCCCCCCCCCCCCC/C=C\CCCCCCCCCC)COP(=O)([O-])OCC[N+](C)(C)C. The third kappa shape index (κ3) is 85.2. The molecule has 100 heavy (non-hydrogen) atoms. The van der Waals surface area contributed by atoms with E-state index in [1.807, 2.05) is 21.1 Å². The molecule has 0 amide bonds. The monoisotopic (exact) mass is 1430 g/mol. The summed E-state index contributed by atoms with van der Waals surface area (Å²) in [5.41, 5.74) is 0. The zero-order valence-electron chi connectivity index (χ0n) is 67.9. The molecule has 0 aliphatic carbocycles. The van der Waals surface area contributed by atoms with Gasteiger partial charge in [-0.05, 0) is 70.6 Å². The van der Waals surface area contributed by atoms with Crippen molar-refractivity contribution in [1.82, 2.24) is 0 Å². The lowest BCUT2D eigenvalue weighted by atomic mass is 10.0. The molecule has 0 aliphatic heterocycles. The van der Waals surface area contributed by atoms with Gasteiger partial charge in [-0.25, -0.2) is 0 Å². The van der Waals surface area contributed by atoms with Crippen molar-refractivity contribution in [3.05, 3.63) is 36.5 Å². The molecular weight excluding hydrogens is 1250 g/mol. The molecule has 0 N–H and O–H groups in total. The van der Waals surface area contributed by atoms with Gasteiger partial charge in [0.05, 0.1) is 27.7 Å². The molecule has 0 spiro atoms. The third-order valence-electron chi connectivity index (χ3n) is 20.6. The number of phosphoric acid groups is 1. The van der Waals surface area contributed by atoms with Gasteiger partial charge in [-0.15, -0.1) is 0 Å². The van der Waals surface area contributed by atoms with Gasteiger partial charge >= 0.3 is 11.9 Å². The summed E-state index contributed by atoms with van der Waals surface area (Å²) >= 11 is 0. The van der Waals surface area contributed by atoms with Crippen LogP contribution in [0.4, 0.5) is 0 Å². The standard InChI is InChI=1S/C90H174NO8P/c1-6-8-10-12-14-16-18-20-22-24-26-28-30-32-34-36-38-40-42-44-45-47-48-50-52-54-56-58-60-62-64-66-68-70-72-74-76-78-80-82-89(92)96-86-88(87-98-100(94,95)97-85-84-91(3,4)5)99-90(93)83-81-79-77-75-73-71-69-67-65-63-61-59-57-55-53-51-49-46-43-41-39-37-35-33-31-29-27-25-23-21-19-17-15-13-11-9-7-2/h19,21,24-27,88H,6-18,20,22-23,28-87H2,1-5H3/b21-19-,26-24-,27-25-. The fourth-order valence-electron chi connectivity index (χ4n) is 13.8. The number of carbonyl (C=O) groups excluding carboxylic acids is 2. The Morgan fingerprint density at radius 3 is 0.800 bits per heavy atom.